The Morgan fingerprint density at radius 3 is 2.59 bits per heavy atom. The van der Waals surface area contributed by atoms with Gasteiger partial charge in [-0.3, -0.25) is 9.59 Å². The highest BCUT2D eigenvalue weighted by atomic mass is 32.1. The third kappa shape index (κ3) is 4.80. The molecule has 0 bridgehead atoms. The zero-order chi connectivity index (χ0) is 21.1. The second-order valence-electron chi connectivity index (χ2n) is 8.32. The van der Waals surface area contributed by atoms with Gasteiger partial charge in [-0.1, -0.05) is 6.92 Å². The molecule has 0 spiro atoms. The molecule has 1 fully saturated rings. The predicted molar refractivity (Wildman–Crippen MR) is 112 cm³/mol. The number of carbonyl (C=O) groups is 3. The number of ether oxygens (including phenoxy) is 1. The van der Waals surface area contributed by atoms with Crippen molar-refractivity contribution < 1.29 is 24.0 Å². The van der Waals surface area contributed by atoms with Gasteiger partial charge in [-0.05, 0) is 44.6 Å². The Kier molecular flexibility index (Phi) is 6.95. The Balaban J connectivity index is 1.74. The minimum Gasteiger partial charge on any atom is -0.462 e. The number of nitrogens with two attached hydrogens (primary N) is 1. The zero-order valence-corrected chi connectivity index (χ0v) is 18.3. The summed E-state index contributed by atoms with van der Waals surface area (Å²) < 4.78 is 5.28. The van der Waals surface area contributed by atoms with Gasteiger partial charge < -0.3 is 20.7 Å². The van der Waals surface area contributed by atoms with Crippen molar-refractivity contribution in [3.63, 3.8) is 0 Å². The largest absolute Gasteiger partial charge is 0.462 e. The van der Waals surface area contributed by atoms with Crippen LogP contribution in [0.4, 0.5) is 5.00 Å². The third-order valence-electron chi connectivity index (χ3n) is 6.26. The molecule has 0 saturated carbocycles. The molecule has 2 heterocycles. The van der Waals surface area contributed by atoms with E-state index in [1.807, 2.05) is 6.92 Å². The maximum Gasteiger partial charge on any atom is 0.341 e. The smallest absolute Gasteiger partial charge is 0.341 e. The van der Waals surface area contributed by atoms with Gasteiger partial charge in [0.2, 0.25) is 5.91 Å². The van der Waals surface area contributed by atoms with Crippen molar-refractivity contribution in [2.45, 2.75) is 58.9 Å². The van der Waals surface area contributed by atoms with Crippen LogP contribution in [0.3, 0.4) is 0 Å². The Morgan fingerprint density at radius 2 is 1.97 bits per heavy atom. The van der Waals surface area contributed by atoms with Gasteiger partial charge in [-0.15, -0.1) is 11.3 Å². The molecule has 7 nitrogen and oxygen atoms in total. The number of primary amides is 1. The van der Waals surface area contributed by atoms with Gasteiger partial charge >= 0.3 is 5.97 Å². The summed E-state index contributed by atoms with van der Waals surface area (Å²) in [5.74, 6) is -0.212. The molecule has 1 aromatic heterocycles. The van der Waals surface area contributed by atoms with E-state index in [0.29, 0.717) is 35.9 Å². The molecule has 1 aromatic rings. The molecule has 0 unspecified atom stereocenters. The quantitative estimate of drug-likeness (QED) is 0.599. The SMILES string of the molecule is CCOC(=O)c1c(NC(=O)[C@@H](C)[NH+]2CCC(C(N)=O)CC2)sc2c1CC[C@@H](C)C2. The van der Waals surface area contributed by atoms with Crippen LogP contribution in [0.2, 0.25) is 0 Å². The zero-order valence-electron chi connectivity index (χ0n) is 17.5. The van der Waals surface area contributed by atoms with E-state index < -0.39 is 0 Å². The third-order valence-corrected chi connectivity index (χ3v) is 7.43. The Bertz CT molecular complexity index is 783. The average molecular weight is 423 g/mol. The highest BCUT2D eigenvalue weighted by Gasteiger charge is 2.34. The summed E-state index contributed by atoms with van der Waals surface area (Å²) in [6.07, 6.45) is 4.24. The van der Waals surface area contributed by atoms with Crippen molar-refractivity contribution >= 4 is 34.1 Å². The lowest BCUT2D eigenvalue weighted by molar-refractivity contribution is -0.919. The van der Waals surface area contributed by atoms with Crippen LogP contribution in [-0.4, -0.2) is 43.5 Å². The highest BCUT2D eigenvalue weighted by molar-refractivity contribution is 7.17. The van der Waals surface area contributed by atoms with Crippen molar-refractivity contribution in [3.8, 4) is 0 Å². The van der Waals surface area contributed by atoms with Gasteiger partial charge in [0.1, 0.15) is 5.00 Å². The van der Waals surface area contributed by atoms with Crippen LogP contribution in [-0.2, 0) is 27.2 Å². The van der Waals surface area contributed by atoms with Crippen molar-refractivity contribution in [3.05, 3.63) is 16.0 Å². The van der Waals surface area contributed by atoms with Crippen LogP contribution >= 0.6 is 11.3 Å². The van der Waals surface area contributed by atoms with Gasteiger partial charge in [0.05, 0.1) is 25.3 Å². The summed E-state index contributed by atoms with van der Waals surface area (Å²) in [5, 5.41) is 3.64. The number of piperidine rings is 1. The van der Waals surface area contributed by atoms with E-state index in [0.717, 1.165) is 42.8 Å². The fourth-order valence-corrected chi connectivity index (χ4v) is 5.77. The van der Waals surface area contributed by atoms with Crippen molar-refractivity contribution in [2.75, 3.05) is 25.0 Å². The Morgan fingerprint density at radius 1 is 1.28 bits per heavy atom. The van der Waals surface area contributed by atoms with E-state index in [-0.39, 0.29) is 29.7 Å². The van der Waals surface area contributed by atoms with Crippen molar-refractivity contribution in [1.82, 2.24) is 0 Å². The number of hydrogen-bond acceptors (Lipinski definition) is 5. The molecule has 0 aromatic carbocycles. The first-order valence-corrected chi connectivity index (χ1v) is 11.4. The lowest BCUT2D eigenvalue weighted by Crippen LogP contribution is -3.17. The second-order valence-corrected chi connectivity index (χ2v) is 9.43. The summed E-state index contributed by atoms with van der Waals surface area (Å²) >= 11 is 1.51. The van der Waals surface area contributed by atoms with Gasteiger partial charge in [-0.25, -0.2) is 4.79 Å². The van der Waals surface area contributed by atoms with Crippen LogP contribution < -0.4 is 16.0 Å². The normalized spacial score (nSPS) is 25.0. The molecule has 29 heavy (non-hydrogen) atoms. The number of nitrogens with one attached hydrogen (secondary N) is 2. The molecular weight excluding hydrogens is 390 g/mol. The first-order chi connectivity index (χ1) is 13.8. The molecular formula is C21H32N3O4S+. The van der Waals surface area contributed by atoms with Crippen LogP contribution in [0, 0.1) is 11.8 Å². The van der Waals surface area contributed by atoms with E-state index in [9.17, 15) is 14.4 Å². The Hall–Kier alpha value is -1.93. The van der Waals surface area contributed by atoms with E-state index in [1.54, 1.807) is 6.92 Å². The van der Waals surface area contributed by atoms with Crippen molar-refractivity contribution in [2.24, 2.45) is 17.6 Å². The summed E-state index contributed by atoms with van der Waals surface area (Å²) in [6, 6.07) is -0.267. The van der Waals surface area contributed by atoms with Gasteiger partial charge in [0.15, 0.2) is 6.04 Å². The summed E-state index contributed by atoms with van der Waals surface area (Å²) in [6.45, 7) is 7.69. The number of esters is 1. The van der Waals surface area contributed by atoms with Crippen LogP contribution in [0.15, 0.2) is 0 Å². The maximum absolute atomic E-state index is 13.0. The van der Waals surface area contributed by atoms with Gasteiger partial charge in [-0.2, -0.15) is 0 Å². The number of fused-ring (bicyclic) bond motifs is 1. The fourth-order valence-electron chi connectivity index (χ4n) is 4.37. The number of carbonyl (C=O) groups excluding carboxylic acids is 3. The van der Waals surface area contributed by atoms with Gasteiger partial charge in [0.25, 0.3) is 5.91 Å². The molecule has 0 radical (unpaired) electrons. The summed E-state index contributed by atoms with van der Waals surface area (Å²) in [5.41, 5.74) is 7.00. The number of likely N-dealkylation sites (tertiary alicyclic amines) is 1. The number of anilines is 1. The van der Waals surface area contributed by atoms with Crippen molar-refractivity contribution in [1.29, 1.82) is 0 Å². The molecule has 160 valence electrons. The van der Waals surface area contributed by atoms with E-state index in [4.69, 9.17) is 10.5 Å². The molecule has 8 heteroatoms. The first-order valence-electron chi connectivity index (χ1n) is 10.6. The maximum atomic E-state index is 13.0. The fraction of sp³-hybridized carbons (Fsp3) is 0.667. The summed E-state index contributed by atoms with van der Waals surface area (Å²) in [7, 11) is 0. The standard InChI is InChI=1S/C21H31N3O4S/c1-4-28-21(27)17-15-6-5-12(2)11-16(15)29-20(17)23-19(26)13(3)24-9-7-14(8-10-24)18(22)25/h12-14H,4-11H2,1-3H3,(H2,22,25)(H,23,26)/p+1/t12-,13-/m1/s1. The van der Waals surface area contributed by atoms with Crippen LogP contribution in [0.5, 0.6) is 0 Å². The number of amides is 2. The number of hydrogen-bond donors (Lipinski definition) is 3. The van der Waals surface area contributed by atoms with Crippen LogP contribution in [0.25, 0.3) is 0 Å². The molecule has 2 aliphatic rings. The topological polar surface area (TPSA) is 103 Å². The molecule has 1 aliphatic heterocycles. The minimum atomic E-state index is -0.350. The lowest BCUT2D eigenvalue weighted by atomic mass is 9.88. The van der Waals surface area contributed by atoms with E-state index in [1.165, 1.54) is 16.2 Å². The molecule has 2 amide bonds. The minimum absolute atomic E-state index is 0.0876. The Labute approximate surface area is 176 Å². The average Bonchev–Trinajstić information content (AvgIpc) is 3.04. The number of quaternary nitrogens is 1. The molecule has 1 aliphatic carbocycles. The summed E-state index contributed by atoms with van der Waals surface area (Å²) in [4.78, 5) is 39.3. The number of thiophene rings is 1. The van der Waals surface area contributed by atoms with Crippen LogP contribution in [0.1, 0.15) is 60.8 Å². The van der Waals surface area contributed by atoms with E-state index in [2.05, 4.69) is 12.2 Å². The monoisotopic (exact) mass is 422 g/mol. The molecule has 4 N–H and O–H groups in total. The first kappa shape index (κ1) is 21.8. The predicted octanol–water partition coefficient (Wildman–Crippen LogP) is 1.16. The molecule has 3 rings (SSSR count). The second kappa shape index (κ2) is 9.26. The van der Waals surface area contributed by atoms with E-state index >= 15 is 0 Å². The highest BCUT2D eigenvalue weighted by Crippen LogP contribution is 2.40. The lowest BCUT2D eigenvalue weighted by Gasteiger charge is -2.31. The van der Waals surface area contributed by atoms with Gasteiger partial charge in [0, 0.05) is 23.6 Å². The molecule has 2 atom stereocenters. The molecule has 1 saturated heterocycles. The number of rotatable bonds is 6.